The van der Waals surface area contributed by atoms with Crippen molar-refractivity contribution in [2.24, 2.45) is 0 Å². The van der Waals surface area contributed by atoms with E-state index in [-0.39, 0.29) is 24.9 Å². The first-order valence-electron chi connectivity index (χ1n) is 4.24. The highest BCUT2D eigenvalue weighted by molar-refractivity contribution is 6.29. The summed E-state index contributed by atoms with van der Waals surface area (Å²) in [4.78, 5) is 11.1. The van der Waals surface area contributed by atoms with Crippen LogP contribution in [0.25, 0.3) is 0 Å². The Hall–Kier alpha value is -1.49. The Labute approximate surface area is 92.0 Å². The van der Waals surface area contributed by atoms with E-state index in [0.29, 0.717) is 10.8 Å². The van der Waals surface area contributed by atoms with Crippen molar-refractivity contribution >= 4 is 17.5 Å². The molecule has 1 heterocycles. The second-order valence-corrected chi connectivity index (χ2v) is 3.39. The van der Waals surface area contributed by atoms with E-state index in [1.807, 2.05) is 0 Å². The van der Waals surface area contributed by atoms with Crippen LogP contribution < -0.4 is 10.1 Å². The summed E-state index contributed by atoms with van der Waals surface area (Å²) in [6.45, 7) is 5.26. The van der Waals surface area contributed by atoms with Crippen LogP contribution in [-0.4, -0.2) is 24.2 Å². The van der Waals surface area contributed by atoms with Crippen molar-refractivity contribution in [3.8, 4) is 5.88 Å². The monoisotopic (exact) mass is 230 g/mol. The number of carbonyl (C=O) groups excluding carboxylic acids is 1. The van der Waals surface area contributed by atoms with Gasteiger partial charge in [-0.25, -0.2) is 0 Å². The third-order valence-electron chi connectivity index (χ3n) is 1.43. The molecule has 0 spiro atoms. The van der Waals surface area contributed by atoms with Crippen LogP contribution in [0.15, 0.2) is 22.2 Å². The van der Waals surface area contributed by atoms with Crippen molar-refractivity contribution in [3.05, 3.63) is 23.4 Å². The molecular formula is C9H11ClN2O3. The highest BCUT2D eigenvalue weighted by Gasteiger charge is 2.05. The van der Waals surface area contributed by atoms with Crippen LogP contribution in [-0.2, 0) is 4.79 Å². The Morgan fingerprint density at radius 2 is 2.53 bits per heavy atom. The van der Waals surface area contributed by atoms with Crippen LogP contribution in [0, 0.1) is 6.92 Å². The van der Waals surface area contributed by atoms with Gasteiger partial charge in [-0.1, -0.05) is 18.2 Å². The summed E-state index contributed by atoms with van der Waals surface area (Å²) < 4.78 is 9.78. The lowest BCUT2D eigenvalue weighted by Gasteiger charge is -2.03. The van der Waals surface area contributed by atoms with Crippen molar-refractivity contribution in [3.63, 3.8) is 0 Å². The Bertz CT molecular complexity index is 362. The maximum Gasteiger partial charge on any atom is 0.258 e. The molecule has 1 aromatic rings. The number of aromatic nitrogens is 1. The van der Waals surface area contributed by atoms with Gasteiger partial charge in [-0.05, 0) is 12.1 Å². The molecule has 15 heavy (non-hydrogen) atoms. The smallest absolute Gasteiger partial charge is 0.258 e. The van der Waals surface area contributed by atoms with E-state index < -0.39 is 0 Å². The van der Waals surface area contributed by atoms with E-state index in [4.69, 9.17) is 20.9 Å². The van der Waals surface area contributed by atoms with Crippen LogP contribution in [0.5, 0.6) is 5.88 Å². The molecule has 0 aliphatic heterocycles. The van der Waals surface area contributed by atoms with Gasteiger partial charge in [-0.2, -0.15) is 0 Å². The van der Waals surface area contributed by atoms with E-state index in [9.17, 15) is 4.79 Å². The molecule has 1 aromatic heterocycles. The summed E-state index contributed by atoms with van der Waals surface area (Å²) in [5, 5.41) is 6.43. The molecule has 0 radical (unpaired) electrons. The predicted octanol–water partition coefficient (Wildman–Crippen LogP) is 1.23. The number of carbonyl (C=O) groups is 1. The van der Waals surface area contributed by atoms with E-state index in [0.717, 1.165) is 0 Å². The van der Waals surface area contributed by atoms with Gasteiger partial charge >= 0.3 is 0 Å². The molecule has 1 rings (SSSR count). The fourth-order valence-electron chi connectivity index (χ4n) is 0.797. The number of nitrogens with one attached hydrogen (secondary N) is 1. The van der Waals surface area contributed by atoms with Gasteiger partial charge in [-0.15, -0.1) is 0 Å². The molecule has 1 amide bonds. The predicted molar refractivity (Wildman–Crippen MR) is 54.7 cm³/mol. The van der Waals surface area contributed by atoms with Crippen molar-refractivity contribution in [2.75, 3.05) is 13.2 Å². The van der Waals surface area contributed by atoms with Crippen LogP contribution >= 0.6 is 11.6 Å². The fraction of sp³-hybridized carbons (Fsp3) is 0.333. The standard InChI is InChI=1S/C9H11ClN2O3/c1-6(10)4-11-8(13)5-14-9-3-7(2)15-12-9/h3H,1,4-5H2,2H3,(H,11,13). The number of hydrogen-bond acceptors (Lipinski definition) is 4. The number of rotatable bonds is 5. The van der Waals surface area contributed by atoms with E-state index in [1.54, 1.807) is 13.0 Å². The molecule has 0 bridgehead atoms. The lowest BCUT2D eigenvalue weighted by atomic mass is 10.5. The molecule has 0 fully saturated rings. The molecule has 1 N–H and O–H groups in total. The minimum atomic E-state index is -0.294. The summed E-state index contributed by atoms with van der Waals surface area (Å²) in [6, 6.07) is 1.59. The zero-order valence-corrected chi connectivity index (χ0v) is 9.00. The number of halogens is 1. The average Bonchev–Trinajstić information content (AvgIpc) is 2.58. The van der Waals surface area contributed by atoms with Gasteiger partial charge in [-0.3, -0.25) is 4.79 Å². The van der Waals surface area contributed by atoms with Gasteiger partial charge in [0.15, 0.2) is 6.61 Å². The fourth-order valence-corrected chi connectivity index (χ4v) is 0.863. The maximum atomic E-state index is 11.1. The van der Waals surface area contributed by atoms with E-state index in [2.05, 4.69) is 17.1 Å². The largest absolute Gasteiger partial charge is 0.465 e. The minimum absolute atomic E-state index is 0.129. The number of amides is 1. The van der Waals surface area contributed by atoms with Gasteiger partial charge in [0, 0.05) is 11.1 Å². The second-order valence-electron chi connectivity index (χ2n) is 2.86. The maximum absolute atomic E-state index is 11.1. The van der Waals surface area contributed by atoms with Gasteiger partial charge in [0.25, 0.3) is 11.8 Å². The topological polar surface area (TPSA) is 64.4 Å². The van der Waals surface area contributed by atoms with Gasteiger partial charge in [0.2, 0.25) is 0 Å². The van der Waals surface area contributed by atoms with Gasteiger partial charge in [0.05, 0.1) is 6.54 Å². The minimum Gasteiger partial charge on any atom is -0.465 e. The van der Waals surface area contributed by atoms with Gasteiger partial charge in [0.1, 0.15) is 5.76 Å². The number of aryl methyl sites for hydroxylation is 1. The van der Waals surface area contributed by atoms with Crippen molar-refractivity contribution in [1.82, 2.24) is 10.5 Å². The zero-order chi connectivity index (χ0) is 11.3. The first kappa shape index (κ1) is 11.6. The SMILES string of the molecule is C=C(Cl)CNC(=O)COc1cc(C)on1. The summed E-state index contributed by atoms with van der Waals surface area (Å²) in [5.41, 5.74) is 0. The first-order valence-corrected chi connectivity index (χ1v) is 4.62. The van der Waals surface area contributed by atoms with Crippen LogP contribution in [0.1, 0.15) is 5.76 Å². The Balaban J connectivity index is 2.25. The molecule has 0 unspecified atom stereocenters. The molecule has 0 aliphatic rings. The van der Waals surface area contributed by atoms with Gasteiger partial charge < -0.3 is 14.6 Å². The summed E-state index contributed by atoms with van der Waals surface area (Å²) in [5.74, 6) is 0.615. The van der Waals surface area contributed by atoms with E-state index >= 15 is 0 Å². The van der Waals surface area contributed by atoms with Crippen molar-refractivity contribution < 1.29 is 14.1 Å². The molecule has 0 atom stereocenters. The summed E-state index contributed by atoms with van der Waals surface area (Å²) in [6.07, 6.45) is 0. The quantitative estimate of drug-likeness (QED) is 0.826. The second kappa shape index (κ2) is 5.41. The van der Waals surface area contributed by atoms with E-state index in [1.165, 1.54) is 0 Å². The number of hydrogen-bond donors (Lipinski definition) is 1. The normalized spacial score (nSPS) is 9.73. The molecule has 0 aliphatic carbocycles. The van der Waals surface area contributed by atoms with Crippen LogP contribution in [0.4, 0.5) is 0 Å². The third-order valence-corrected chi connectivity index (χ3v) is 1.57. The number of nitrogens with zero attached hydrogens (tertiary/aromatic N) is 1. The summed E-state index contributed by atoms with van der Waals surface area (Å²) in [7, 11) is 0. The summed E-state index contributed by atoms with van der Waals surface area (Å²) >= 11 is 5.47. The first-order chi connectivity index (χ1) is 7.08. The van der Waals surface area contributed by atoms with Crippen molar-refractivity contribution in [2.45, 2.75) is 6.92 Å². The number of ether oxygens (including phenoxy) is 1. The molecule has 0 saturated heterocycles. The third kappa shape index (κ3) is 4.51. The molecular weight excluding hydrogens is 220 g/mol. The molecule has 82 valence electrons. The molecule has 5 nitrogen and oxygen atoms in total. The van der Waals surface area contributed by atoms with Crippen LogP contribution in [0.3, 0.4) is 0 Å². The Morgan fingerprint density at radius 1 is 1.80 bits per heavy atom. The Kier molecular flexibility index (Phi) is 4.17. The zero-order valence-electron chi connectivity index (χ0n) is 8.25. The molecule has 6 heteroatoms. The van der Waals surface area contributed by atoms with Crippen LogP contribution in [0.2, 0.25) is 0 Å². The highest BCUT2D eigenvalue weighted by atomic mass is 35.5. The molecule has 0 saturated carbocycles. The Morgan fingerprint density at radius 3 is 3.07 bits per heavy atom. The lowest BCUT2D eigenvalue weighted by Crippen LogP contribution is -2.29. The highest BCUT2D eigenvalue weighted by Crippen LogP contribution is 2.09. The lowest BCUT2D eigenvalue weighted by molar-refractivity contribution is -0.122. The van der Waals surface area contributed by atoms with Crippen molar-refractivity contribution in [1.29, 1.82) is 0 Å². The average molecular weight is 231 g/mol. The molecule has 0 aromatic carbocycles.